The van der Waals surface area contributed by atoms with Crippen LogP contribution in [-0.2, 0) is 10.0 Å². The lowest BCUT2D eigenvalue weighted by molar-refractivity contribution is 0.287. The maximum Gasteiger partial charge on any atom is 0.261 e. The van der Waals surface area contributed by atoms with Gasteiger partial charge in [-0.15, -0.1) is 0 Å². The lowest BCUT2D eigenvalue weighted by Gasteiger charge is -2.38. The van der Waals surface area contributed by atoms with E-state index in [1.165, 1.54) is 14.2 Å². The van der Waals surface area contributed by atoms with E-state index in [-0.39, 0.29) is 22.8 Å². The predicted octanol–water partition coefficient (Wildman–Crippen LogP) is 6.13. The van der Waals surface area contributed by atoms with E-state index in [1.54, 1.807) is 30.3 Å². The van der Waals surface area contributed by atoms with Gasteiger partial charge in [-0.25, -0.2) is 8.42 Å². The number of sulfonamides is 1. The van der Waals surface area contributed by atoms with Crippen molar-refractivity contribution in [2.24, 2.45) is 5.92 Å². The summed E-state index contributed by atoms with van der Waals surface area (Å²) >= 11 is 0. The molecule has 0 spiro atoms. The Morgan fingerprint density at radius 3 is 2.36 bits per heavy atom. The summed E-state index contributed by atoms with van der Waals surface area (Å²) in [5, 5.41) is 3.68. The number of hydrogen-bond acceptors (Lipinski definition) is 7. The first-order valence-electron chi connectivity index (χ1n) is 13.1. The highest BCUT2D eigenvalue weighted by atomic mass is 32.2. The number of benzene rings is 3. The van der Waals surface area contributed by atoms with Gasteiger partial charge in [0, 0.05) is 17.7 Å². The van der Waals surface area contributed by atoms with Gasteiger partial charge < -0.3 is 24.3 Å². The van der Waals surface area contributed by atoms with Gasteiger partial charge in [0.05, 0.1) is 44.1 Å². The summed E-state index contributed by atoms with van der Waals surface area (Å²) in [6, 6.07) is 16.3. The van der Waals surface area contributed by atoms with Crippen molar-refractivity contribution in [3.8, 4) is 23.0 Å². The third-order valence-corrected chi connectivity index (χ3v) is 8.59. The molecule has 5 rings (SSSR count). The number of rotatable bonds is 10. The zero-order valence-corrected chi connectivity index (χ0v) is 23.4. The summed E-state index contributed by atoms with van der Waals surface area (Å²) < 4.78 is 51.6. The van der Waals surface area contributed by atoms with Crippen molar-refractivity contribution in [1.29, 1.82) is 0 Å². The number of ether oxygens (including phenoxy) is 4. The maximum absolute atomic E-state index is 13.4. The Morgan fingerprint density at radius 2 is 1.62 bits per heavy atom. The molecule has 0 saturated heterocycles. The van der Waals surface area contributed by atoms with Crippen LogP contribution >= 0.6 is 0 Å². The van der Waals surface area contributed by atoms with Crippen molar-refractivity contribution >= 4 is 21.4 Å². The number of methoxy groups -OCH3 is 2. The normalized spacial score (nSPS) is 19.4. The molecule has 0 unspecified atom stereocenters. The molecular formula is C30H34N2O6S. The van der Waals surface area contributed by atoms with Crippen LogP contribution in [0.1, 0.15) is 43.4 Å². The van der Waals surface area contributed by atoms with E-state index in [2.05, 4.69) is 34.3 Å². The summed E-state index contributed by atoms with van der Waals surface area (Å²) in [4.78, 5) is 0.204. The first-order chi connectivity index (χ1) is 18.9. The standard InChI is InChI=1S/C30H34N2O6S/c1-5-37-27-14-10-19(16-29(27)38-6-2)30-23-9-7-8-22(23)24-18-21(12-13-25(24)31-30)39(33,34)32-20-11-15-26(35-3)28(17-20)36-4/h7-8,10-18,22-23,30-32H,5-6,9H2,1-4H3/t22-,23+,30+/m0/s1. The van der Waals surface area contributed by atoms with Crippen molar-refractivity contribution in [2.45, 2.75) is 37.1 Å². The second-order valence-corrected chi connectivity index (χ2v) is 11.2. The molecule has 1 aliphatic carbocycles. The van der Waals surface area contributed by atoms with Crippen LogP contribution in [0.25, 0.3) is 0 Å². The van der Waals surface area contributed by atoms with Gasteiger partial charge >= 0.3 is 0 Å². The highest BCUT2D eigenvalue weighted by Gasteiger charge is 2.38. The molecule has 2 aliphatic rings. The Hall–Kier alpha value is -3.85. The van der Waals surface area contributed by atoms with E-state index in [0.717, 1.165) is 34.7 Å². The molecule has 0 bridgehead atoms. The van der Waals surface area contributed by atoms with Crippen LogP contribution in [0, 0.1) is 5.92 Å². The van der Waals surface area contributed by atoms with Crippen LogP contribution in [0.3, 0.4) is 0 Å². The second-order valence-electron chi connectivity index (χ2n) is 9.47. The van der Waals surface area contributed by atoms with Crippen molar-refractivity contribution in [2.75, 3.05) is 37.5 Å². The molecule has 39 heavy (non-hydrogen) atoms. The van der Waals surface area contributed by atoms with E-state index in [4.69, 9.17) is 18.9 Å². The quantitative estimate of drug-likeness (QED) is 0.293. The fourth-order valence-electron chi connectivity index (χ4n) is 5.44. The third kappa shape index (κ3) is 5.23. The van der Waals surface area contributed by atoms with E-state index in [9.17, 15) is 8.42 Å². The molecule has 1 heterocycles. The van der Waals surface area contributed by atoms with Crippen LogP contribution in [0.4, 0.5) is 11.4 Å². The van der Waals surface area contributed by atoms with E-state index in [0.29, 0.717) is 30.4 Å². The topological polar surface area (TPSA) is 95.1 Å². The highest BCUT2D eigenvalue weighted by Crippen LogP contribution is 2.51. The molecule has 3 atom stereocenters. The van der Waals surface area contributed by atoms with Gasteiger partial charge in [0.2, 0.25) is 0 Å². The summed E-state index contributed by atoms with van der Waals surface area (Å²) in [7, 11) is -0.793. The van der Waals surface area contributed by atoms with Gasteiger partial charge in [0.15, 0.2) is 23.0 Å². The lowest BCUT2D eigenvalue weighted by Crippen LogP contribution is -2.29. The Labute approximate surface area is 230 Å². The van der Waals surface area contributed by atoms with Crippen LogP contribution < -0.4 is 29.0 Å². The minimum absolute atomic E-state index is 0.0414. The van der Waals surface area contributed by atoms with Crippen LogP contribution in [0.2, 0.25) is 0 Å². The van der Waals surface area contributed by atoms with Crippen LogP contribution in [0.15, 0.2) is 71.6 Å². The molecule has 3 aromatic carbocycles. The monoisotopic (exact) mass is 550 g/mol. The number of hydrogen-bond donors (Lipinski definition) is 2. The van der Waals surface area contributed by atoms with Gasteiger partial charge in [-0.2, -0.15) is 0 Å². The highest BCUT2D eigenvalue weighted by molar-refractivity contribution is 7.92. The molecule has 0 amide bonds. The minimum atomic E-state index is -3.84. The van der Waals surface area contributed by atoms with Gasteiger partial charge in [-0.05, 0) is 79.8 Å². The molecule has 3 aromatic rings. The Bertz CT molecular complexity index is 1490. The minimum Gasteiger partial charge on any atom is -0.493 e. The van der Waals surface area contributed by atoms with Crippen LogP contribution in [-0.4, -0.2) is 35.9 Å². The van der Waals surface area contributed by atoms with Crippen molar-refractivity contribution in [3.63, 3.8) is 0 Å². The molecule has 9 heteroatoms. The van der Waals surface area contributed by atoms with E-state index < -0.39 is 10.0 Å². The summed E-state index contributed by atoms with van der Waals surface area (Å²) in [6.45, 7) is 5.03. The number of fused-ring (bicyclic) bond motifs is 3. The Morgan fingerprint density at radius 1 is 0.872 bits per heavy atom. The largest absolute Gasteiger partial charge is 0.493 e. The molecule has 0 saturated carbocycles. The van der Waals surface area contributed by atoms with Crippen LogP contribution in [0.5, 0.6) is 23.0 Å². The third-order valence-electron chi connectivity index (χ3n) is 7.21. The second kappa shape index (κ2) is 11.1. The molecule has 0 aromatic heterocycles. The fourth-order valence-corrected chi connectivity index (χ4v) is 6.53. The van der Waals surface area contributed by atoms with Gasteiger partial charge in [-0.3, -0.25) is 4.72 Å². The molecule has 1 aliphatic heterocycles. The van der Waals surface area contributed by atoms with Crippen molar-refractivity contribution in [3.05, 3.63) is 77.9 Å². The Kier molecular flexibility index (Phi) is 7.61. The zero-order valence-electron chi connectivity index (χ0n) is 22.6. The summed E-state index contributed by atoms with van der Waals surface area (Å²) in [6.07, 6.45) is 5.26. The molecular weight excluding hydrogens is 516 g/mol. The SMILES string of the molecule is CCOc1ccc([C@H]2Nc3ccc(S(=O)(=O)Nc4ccc(OC)c(OC)c4)cc3[C@H]3C=CC[C@H]32)cc1OCC. The summed E-state index contributed by atoms with van der Waals surface area (Å²) in [5.74, 6) is 2.76. The maximum atomic E-state index is 13.4. The summed E-state index contributed by atoms with van der Waals surface area (Å²) in [5.41, 5.74) is 3.39. The first kappa shape index (κ1) is 26.7. The van der Waals surface area contributed by atoms with E-state index >= 15 is 0 Å². The average Bonchev–Trinajstić information content (AvgIpc) is 3.44. The lowest BCUT2D eigenvalue weighted by atomic mass is 9.77. The molecule has 8 nitrogen and oxygen atoms in total. The van der Waals surface area contributed by atoms with Crippen molar-refractivity contribution < 1.29 is 27.4 Å². The molecule has 2 N–H and O–H groups in total. The fraction of sp³-hybridized carbons (Fsp3) is 0.333. The molecule has 206 valence electrons. The average molecular weight is 551 g/mol. The Balaban J connectivity index is 1.44. The first-order valence-corrected chi connectivity index (χ1v) is 14.6. The zero-order chi connectivity index (χ0) is 27.6. The van der Waals surface area contributed by atoms with Gasteiger partial charge in [-0.1, -0.05) is 18.2 Å². The predicted molar refractivity (Wildman–Crippen MR) is 152 cm³/mol. The molecule has 0 fully saturated rings. The van der Waals surface area contributed by atoms with E-state index in [1.807, 2.05) is 26.0 Å². The number of anilines is 2. The smallest absolute Gasteiger partial charge is 0.261 e. The molecule has 0 radical (unpaired) electrons. The number of nitrogens with one attached hydrogen (secondary N) is 2. The van der Waals surface area contributed by atoms with Gasteiger partial charge in [0.25, 0.3) is 10.0 Å². The van der Waals surface area contributed by atoms with Gasteiger partial charge in [0.1, 0.15) is 0 Å². The number of allylic oxidation sites excluding steroid dienone is 2. The van der Waals surface area contributed by atoms with Crippen molar-refractivity contribution in [1.82, 2.24) is 0 Å².